The summed E-state index contributed by atoms with van der Waals surface area (Å²) in [5.74, 6) is -0.807. The van der Waals surface area contributed by atoms with E-state index in [1.165, 1.54) is 0 Å². The first kappa shape index (κ1) is 11.8. The topological polar surface area (TPSA) is 49.8 Å². The van der Waals surface area contributed by atoms with Crippen LogP contribution in [0, 0.1) is 0 Å². The lowest BCUT2D eigenvalue weighted by Gasteiger charge is -2.43. The molecule has 5 heteroatoms. The van der Waals surface area contributed by atoms with E-state index in [9.17, 15) is 4.79 Å². The van der Waals surface area contributed by atoms with Gasteiger partial charge in [-0.15, -0.1) is 0 Å². The van der Waals surface area contributed by atoms with Gasteiger partial charge >= 0.3 is 5.97 Å². The van der Waals surface area contributed by atoms with E-state index in [4.69, 9.17) is 9.84 Å². The molecule has 0 spiro atoms. The molecule has 14 heavy (non-hydrogen) atoms. The largest absolute Gasteiger partial charge is 0.481 e. The third kappa shape index (κ3) is 3.48. The first-order valence-electron chi connectivity index (χ1n) is 4.84. The third-order valence-corrected chi connectivity index (χ3v) is 2.74. The molecule has 0 aromatic carbocycles. The van der Waals surface area contributed by atoms with Gasteiger partial charge in [-0.1, -0.05) is 0 Å². The van der Waals surface area contributed by atoms with Crippen molar-refractivity contribution in [2.45, 2.75) is 31.2 Å². The number of aliphatic carboxylic acids is 1. The summed E-state index contributed by atoms with van der Waals surface area (Å²) in [6, 6.07) is 0.427. The second-order valence-electron chi connectivity index (χ2n) is 3.53. The van der Waals surface area contributed by atoms with E-state index < -0.39 is 5.97 Å². The van der Waals surface area contributed by atoms with Gasteiger partial charge in [0.05, 0.1) is 25.0 Å². The van der Waals surface area contributed by atoms with Crippen LogP contribution in [0.3, 0.4) is 0 Å². The fourth-order valence-electron chi connectivity index (χ4n) is 1.51. The highest BCUT2D eigenvalue weighted by Crippen LogP contribution is 2.22. The average molecular weight is 219 g/mol. The smallest absolute Gasteiger partial charge is 0.305 e. The first-order valence-corrected chi connectivity index (χ1v) is 5.36. The minimum absolute atomic E-state index is 0.0865. The molecule has 0 saturated carbocycles. The van der Waals surface area contributed by atoms with Crippen molar-refractivity contribution in [2.75, 3.05) is 19.8 Å². The summed E-state index contributed by atoms with van der Waals surface area (Å²) in [7, 11) is 0. The second-order valence-corrected chi connectivity index (χ2v) is 4.28. The Hall–Kier alpha value is -0.260. The van der Waals surface area contributed by atoms with Crippen molar-refractivity contribution in [3.8, 4) is 0 Å². The Balaban J connectivity index is 2.05. The van der Waals surface area contributed by atoms with Crippen LogP contribution in [-0.2, 0) is 9.53 Å². The normalized spacial score (nSPS) is 24.3. The zero-order chi connectivity index (χ0) is 10.6. The van der Waals surface area contributed by atoms with Gasteiger partial charge in [0.1, 0.15) is 0 Å². The number of carboxylic acids is 1. The minimum atomic E-state index is -0.807. The van der Waals surface area contributed by atoms with E-state index >= 15 is 0 Å². The van der Waals surface area contributed by atoms with Gasteiger partial charge in [-0.3, -0.25) is 9.69 Å². The predicted molar refractivity (Wildman–Crippen MR) is 56.6 cm³/mol. The maximum absolute atomic E-state index is 10.2. The van der Waals surface area contributed by atoms with Crippen LogP contribution in [0.5, 0.6) is 0 Å². The second kappa shape index (κ2) is 5.58. The fourth-order valence-corrected chi connectivity index (χ4v) is 1.81. The molecule has 0 aromatic heterocycles. The van der Waals surface area contributed by atoms with Crippen LogP contribution in [0.4, 0.5) is 0 Å². The van der Waals surface area contributed by atoms with Gasteiger partial charge in [-0.05, 0) is 13.3 Å². The van der Waals surface area contributed by atoms with Crippen molar-refractivity contribution in [3.63, 3.8) is 0 Å². The monoisotopic (exact) mass is 219 g/mol. The average Bonchev–Trinajstić information content (AvgIpc) is 1.99. The van der Waals surface area contributed by atoms with Crippen molar-refractivity contribution >= 4 is 18.6 Å². The Bertz CT molecular complexity index is 198. The standard InChI is InChI=1S/C9H17NO3S/c1-7(14)10-4-2-8(10)6-13-5-3-9(11)12/h7-8,14H,2-6H2,1H3,(H,11,12)/t7?,8-/m0/s1. The molecule has 1 aliphatic heterocycles. The molecule has 82 valence electrons. The molecule has 1 N–H and O–H groups in total. The molecule has 2 atom stereocenters. The van der Waals surface area contributed by atoms with Crippen LogP contribution in [-0.4, -0.2) is 47.1 Å². The highest BCUT2D eigenvalue weighted by atomic mass is 32.1. The Morgan fingerprint density at radius 1 is 1.79 bits per heavy atom. The molecule has 1 fully saturated rings. The maximum atomic E-state index is 10.2. The predicted octanol–water partition coefficient (Wildman–Crippen LogP) is 0.828. The van der Waals surface area contributed by atoms with Crippen LogP contribution in [0.2, 0.25) is 0 Å². The Morgan fingerprint density at radius 3 is 2.93 bits per heavy atom. The summed E-state index contributed by atoms with van der Waals surface area (Å²) in [6.45, 7) is 4.03. The molecule has 0 bridgehead atoms. The van der Waals surface area contributed by atoms with Crippen molar-refractivity contribution in [3.05, 3.63) is 0 Å². The lowest BCUT2D eigenvalue weighted by Crippen LogP contribution is -2.52. The van der Waals surface area contributed by atoms with Crippen molar-refractivity contribution < 1.29 is 14.6 Å². The molecule has 0 radical (unpaired) electrons. The van der Waals surface area contributed by atoms with Crippen molar-refractivity contribution in [1.82, 2.24) is 4.90 Å². The fraction of sp³-hybridized carbons (Fsp3) is 0.889. The van der Waals surface area contributed by atoms with E-state index in [1.807, 2.05) is 6.92 Å². The molecular weight excluding hydrogens is 202 g/mol. The van der Waals surface area contributed by atoms with Gasteiger partial charge in [-0.2, -0.15) is 12.6 Å². The first-order chi connectivity index (χ1) is 6.61. The van der Waals surface area contributed by atoms with E-state index in [-0.39, 0.29) is 11.8 Å². The Labute approximate surface area is 89.6 Å². The molecule has 1 unspecified atom stereocenters. The van der Waals surface area contributed by atoms with Gasteiger partial charge < -0.3 is 9.84 Å². The molecule has 4 nitrogen and oxygen atoms in total. The number of hydrogen-bond acceptors (Lipinski definition) is 4. The number of likely N-dealkylation sites (tertiary alicyclic amines) is 1. The summed E-state index contributed by atoms with van der Waals surface area (Å²) in [5, 5.41) is 8.65. The molecule has 1 saturated heterocycles. The maximum Gasteiger partial charge on any atom is 0.305 e. The molecular formula is C9H17NO3S. The Kier molecular flexibility index (Phi) is 4.71. The number of thiol groups is 1. The Morgan fingerprint density at radius 2 is 2.50 bits per heavy atom. The van der Waals surface area contributed by atoms with Crippen LogP contribution in [0.15, 0.2) is 0 Å². The minimum Gasteiger partial charge on any atom is -0.481 e. The van der Waals surface area contributed by atoms with E-state index in [0.29, 0.717) is 19.3 Å². The van der Waals surface area contributed by atoms with Crippen LogP contribution in [0.1, 0.15) is 19.8 Å². The van der Waals surface area contributed by atoms with Gasteiger partial charge in [0, 0.05) is 12.6 Å². The van der Waals surface area contributed by atoms with E-state index in [2.05, 4.69) is 17.5 Å². The SMILES string of the molecule is CC(S)N1CC[C@H]1COCCC(=O)O. The lowest BCUT2D eigenvalue weighted by atomic mass is 10.0. The molecule has 0 amide bonds. The summed E-state index contributed by atoms with van der Waals surface area (Å²) in [6.07, 6.45) is 1.21. The van der Waals surface area contributed by atoms with E-state index in [0.717, 1.165) is 13.0 Å². The summed E-state index contributed by atoms with van der Waals surface area (Å²) in [5.41, 5.74) is 0. The molecule has 1 aliphatic rings. The van der Waals surface area contributed by atoms with Crippen molar-refractivity contribution in [1.29, 1.82) is 0 Å². The van der Waals surface area contributed by atoms with Crippen LogP contribution < -0.4 is 0 Å². The molecule has 0 aliphatic carbocycles. The highest BCUT2D eigenvalue weighted by molar-refractivity contribution is 7.80. The van der Waals surface area contributed by atoms with Gasteiger partial charge in [-0.25, -0.2) is 0 Å². The quantitative estimate of drug-likeness (QED) is 0.513. The highest BCUT2D eigenvalue weighted by Gasteiger charge is 2.30. The number of carbonyl (C=O) groups is 1. The summed E-state index contributed by atoms with van der Waals surface area (Å²) < 4.78 is 5.27. The number of hydrogen-bond donors (Lipinski definition) is 2. The summed E-state index contributed by atoms with van der Waals surface area (Å²) in [4.78, 5) is 12.4. The zero-order valence-electron chi connectivity index (χ0n) is 8.35. The van der Waals surface area contributed by atoms with Crippen molar-refractivity contribution in [2.24, 2.45) is 0 Å². The molecule has 0 aromatic rings. The summed E-state index contributed by atoms with van der Waals surface area (Å²) >= 11 is 4.34. The van der Waals surface area contributed by atoms with Crippen LogP contribution in [0.25, 0.3) is 0 Å². The number of ether oxygens (including phenoxy) is 1. The van der Waals surface area contributed by atoms with Gasteiger partial charge in [0.15, 0.2) is 0 Å². The van der Waals surface area contributed by atoms with Crippen LogP contribution >= 0.6 is 12.6 Å². The lowest BCUT2D eigenvalue weighted by molar-refractivity contribution is -0.138. The number of carboxylic acid groups (broad SMARTS) is 1. The third-order valence-electron chi connectivity index (χ3n) is 2.44. The molecule has 1 rings (SSSR count). The number of nitrogens with zero attached hydrogens (tertiary/aromatic N) is 1. The van der Waals surface area contributed by atoms with E-state index in [1.54, 1.807) is 0 Å². The van der Waals surface area contributed by atoms with Gasteiger partial charge in [0.25, 0.3) is 0 Å². The van der Waals surface area contributed by atoms with Gasteiger partial charge in [0.2, 0.25) is 0 Å². The number of rotatable bonds is 6. The zero-order valence-corrected chi connectivity index (χ0v) is 9.24. The molecule has 1 heterocycles.